The normalized spacial score (nSPS) is 25.9. The van der Waals surface area contributed by atoms with Crippen LogP contribution in [0, 0.1) is 35.9 Å². The van der Waals surface area contributed by atoms with Crippen LogP contribution in [0.15, 0.2) is 24.4 Å². The number of benzene rings is 1. The molecule has 2 bridgehead atoms. The number of carbonyl (C=O) groups excluding carboxylic acids is 3. The number of nitriles is 1. The molecule has 4 atom stereocenters. The van der Waals surface area contributed by atoms with Crippen LogP contribution in [0.25, 0.3) is 0 Å². The second kappa shape index (κ2) is 7.09. The minimum Gasteiger partial charge on any atom is -0.337 e. The van der Waals surface area contributed by atoms with Gasteiger partial charge in [0.05, 0.1) is 22.9 Å². The zero-order valence-electron chi connectivity index (χ0n) is 19.7. The Bertz CT molecular complexity index is 1620. The standard InChI is InChI=1S/C25H18F3N7O3/c1-9-14(21(36)23(38)32-24(7-25(27,28)8-24)13-6-30-34-33-13)19-15-16-17(15)20(16)35(19)18(9)22(37)31-11-2-3-12(26)10(4-11)5-29/h2-4,6,15-17,20H,7-8H2,1H3,(H,31,37)(H,32,38)(H,30,33,34)/t15?,16-,17?,20?/m0/s1. The van der Waals surface area contributed by atoms with Gasteiger partial charge < -0.3 is 15.2 Å². The fraction of sp³-hybridized carbons (Fsp3) is 0.360. The van der Waals surface area contributed by atoms with E-state index in [4.69, 9.17) is 5.26 Å². The number of hydrogen-bond acceptors (Lipinski definition) is 6. The van der Waals surface area contributed by atoms with Gasteiger partial charge in [0.25, 0.3) is 23.5 Å². The highest BCUT2D eigenvalue weighted by molar-refractivity contribution is 6.44. The fourth-order valence-corrected chi connectivity index (χ4v) is 6.49. The Morgan fingerprint density at radius 1 is 1.24 bits per heavy atom. The zero-order chi connectivity index (χ0) is 26.7. The third kappa shape index (κ3) is 2.91. The molecule has 13 heteroatoms. The lowest BCUT2D eigenvalue weighted by atomic mass is 9.71. The molecular weight excluding hydrogens is 503 g/mol. The average molecular weight is 521 g/mol. The third-order valence-electron chi connectivity index (χ3n) is 8.25. The van der Waals surface area contributed by atoms with Crippen LogP contribution in [-0.4, -0.2) is 43.5 Å². The van der Waals surface area contributed by atoms with E-state index >= 15 is 0 Å². The van der Waals surface area contributed by atoms with E-state index in [1.165, 1.54) is 18.3 Å². The Balaban J connectivity index is 1.21. The molecule has 1 aromatic carbocycles. The monoisotopic (exact) mass is 521 g/mol. The van der Waals surface area contributed by atoms with E-state index in [0.29, 0.717) is 23.1 Å². The Hall–Kier alpha value is -4.47. The van der Waals surface area contributed by atoms with E-state index in [2.05, 4.69) is 26.0 Å². The molecule has 4 heterocycles. The van der Waals surface area contributed by atoms with E-state index in [-0.39, 0.29) is 40.2 Å². The summed E-state index contributed by atoms with van der Waals surface area (Å²) in [5.41, 5.74) is -0.252. The van der Waals surface area contributed by atoms with Crippen LogP contribution in [0.4, 0.5) is 18.9 Å². The zero-order valence-corrected chi connectivity index (χ0v) is 19.7. The van der Waals surface area contributed by atoms with Crippen molar-refractivity contribution in [1.82, 2.24) is 25.3 Å². The lowest BCUT2D eigenvalue weighted by molar-refractivity contribution is -0.148. The fourth-order valence-electron chi connectivity index (χ4n) is 6.49. The summed E-state index contributed by atoms with van der Waals surface area (Å²) in [7, 11) is 0. The van der Waals surface area contributed by atoms with Gasteiger partial charge in [-0.2, -0.15) is 20.7 Å². The number of halogens is 3. The molecule has 5 aliphatic rings. The van der Waals surface area contributed by atoms with Gasteiger partial charge >= 0.3 is 0 Å². The highest BCUT2D eigenvalue weighted by Crippen LogP contribution is 2.86. The number of aromatic amines is 1. The molecule has 3 saturated carbocycles. The number of anilines is 1. The minimum absolute atomic E-state index is 0.0637. The van der Waals surface area contributed by atoms with Crippen molar-refractivity contribution >= 4 is 23.3 Å². The van der Waals surface area contributed by atoms with E-state index < -0.39 is 47.7 Å². The van der Waals surface area contributed by atoms with Crippen LogP contribution in [0.2, 0.25) is 0 Å². The SMILES string of the molecule is Cc1c(C(=O)C(=O)NC2(c3cn[nH]n3)CC(F)(F)C2)c2n(c1C(=O)Nc1ccc(F)c(C#N)c1)C1C3C2[C@@H]31. The molecule has 0 saturated heterocycles. The number of nitrogens with zero attached hydrogens (tertiary/aromatic N) is 4. The summed E-state index contributed by atoms with van der Waals surface area (Å²) in [5.74, 6) is -5.59. The number of nitrogens with one attached hydrogen (secondary N) is 3. The number of alkyl halides is 2. The number of carbonyl (C=O) groups is 3. The maximum Gasteiger partial charge on any atom is 0.293 e. The molecule has 8 rings (SSSR count). The van der Waals surface area contributed by atoms with Crippen molar-refractivity contribution in [2.45, 2.75) is 43.2 Å². The first kappa shape index (κ1) is 22.7. The van der Waals surface area contributed by atoms with Gasteiger partial charge in [-0.05, 0) is 42.5 Å². The largest absolute Gasteiger partial charge is 0.337 e. The molecular formula is C25H18F3N7O3. The number of ketones is 1. The summed E-state index contributed by atoms with van der Waals surface area (Å²) in [6.07, 6.45) is -0.207. The summed E-state index contributed by atoms with van der Waals surface area (Å²) in [6, 6.07) is 5.37. The number of Topliss-reactive ketones (excluding diaryl/α,β-unsaturated/α-hetero) is 1. The summed E-state index contributed by atoms with van der Waals surface area (Å²) in [5, 5.41) is 24.0. The summed E-state index contributed by atoms with van der Waals surface area (Å²) >= 11 is 0. The van der Waals surface area contributed by atoms with Gasteiger partial charge in [0.1, 0.15) is 23.3 Å². The molecule has 10 nitrogen and oxygen atoms in total. The average Bonchev–Trinajstić information content (AvgIpc) is 3.42. The van der Waals surface area contributed by atoms with Crippen molar-refractivity contribution in [3.05, 3.63) is 64.0 Å². The Kier molecular flexibility index (Phi) is 4.24. The number of aromatic nitrogens is 4. The minimum atomic E-state index is -3.02. The predicted molar refractivity (Wildman–Crippen MR) is 122 cm³/mol. The first-order valence-corrected chi connectivity index (χ1v) is 11.9. The molecule has 3 aliphatic carbocycles. The number of amides is 2. The highest BCUT2D eigenvalue weighted by Gasteiger charge is 2.81. The van der Waals surface area contributed by atoms with Gasteiger partial charge in [-0.1, -0.05) is 0 Å². The van der Waals surface area contributed by atoms with Crippen LogP contribution in [0.1, 0.15) is 68.2 Å². The van der Waals surface area contributed by atoms with Crippen molar-refractivity contribution in [1.29, 1.82) is 5.26 Å². The summed E-state index contributed by atoms with van der Waals surface area (Å²) < 4.78 is 43.2. The highest BCUT2D eigenvalue weighted by atomic mass is 19.3. The Morgan fingerprint density at radius 3 is 2.61 bits per heavy atom. The van der Waals surface area contributed by atoms with Crippen molar-refractivity contribution in [3.63, 3.8) is 0 Å². The van der Waals surface area contributed by atoms with E-state index in [0.717, 1.165) is 6.07 Å². The molecule has 2 amide bonds. The lowest BCUT2D eigenvalue weighted by Gasteiger charge is -2.46. The topological polar surface area (TPSA) is 146 Å². The first-order valence-electron chi connectivity index (χ1n) is 11.9. The molecule has 3 unspecified atom stereocenters. The second-order valence-electron chi connectivity index (χ2n) is 10.5. The summed E-state index contributed by atoms with van der Waals surface area (Å²) in [4.78, 5) is 40.0. The smallest absolute Gasteiger partial charge is 0.293 e. The molecule has 2 aromatic heterocycles. The molecule has 38 heavy (non-hydrogen) atoms. The number of hydrogen-bond donors (Lipinski definition) is 3. The lowest BCUT2D eigenvalue weighted by Crippen LogP contribution is -2.61. The maximum absolute atomic E-state index is 13.9. The van der Waals surface area contributed by atoms with E-state index in [9.17, 15) is 27.6 Å². The Labute approximate surface area is 212 Å². The second-order valence-corrected chi connectivity index (χ2v) is 10.5. The van der Waals surface area contributed by atoms with Crippen LogP contribution in [0.5, 0.6) is 0 Å². The third-order valence-corrected chi connectivity index (χ3v) is 8.25. The van der Waals surface area contributed by atoms with Gasteiger partial charge in [0.2, 0.25) is 0 Å². The molecule has 192 valence electrons. The molecule has 0 radical (unpaired) electrons. The van der Waals surface area contributed by atoms with Gasteiger partial charge in [0, 0.05) is 36.2 Å². The van der Waals surface area contributed by atoms with Gasteiger partial charge in [0.15, 0.2) is 0 Å². The van der Waals surface area contributed by atoms with Crippen LogP contribution < -0.4 is 10.6 Å². The number of rotatable bonds is 6. The molecule has 3 N–H and O–H groups in total. The van der Waals surface area contributed by atoms with Crippen LogP contribution >= 0.6 is 0 Å². The van der Waals surface area contributed by atoms with E-state index in [1.54, 1.807) is 17.6 Å². The van der Waals surface area contributed by atoms with Crippen molar-refractivity contribution in [3.8, 4) is 6.07 Å². The van der Waals surface area contributed by atoms with Gasteiger partial charge in [-0.3, -0.25) is 14.4 Å². The molecule has 3 aromatic rings. The van der Waals surface area contributed by atoms with Crippen molar-refractivity contribution in [2.24, 2.45) is 11.8 Å². The summed E-state index contributed by atoms with van der Waals surface area (Å²) in [6.45, 7) is 1.56. The van der Waals surface area contributed by atoms with Crippen molar-refractivity contribution < 1.29 is 27.6 Å². The Morgan fingerprint density at radius 2 is 1.97 bits per heavy atom. The quantitative estimate of drug-likeness (QED) is 0.336. The van der Waals surface area contributed by atoms with Gasteiger partial charge in [-0.25, -0.2) is 13.2 Å². The molecule has 2 aliphatic heterocycles. The van der Waals surface area contributed by atoms with Crippen LogP contribution in [-0.2, 0) is 10.3 Å². The first-order chi connectivity index (χ1) is 18.1. The van der Waals surface area contributed by atoms with E-state index in [1.807, 2.05) is 0 Å². The van der Waals surface area contributed by atoms with Crippen LogP contribution in [0.3, 0.4) is 0 Å². The maximum atomic E-state index is 13.9. The molecule has 0 spiro atoms. The molecule has 3 fully saturated rings. The van der Waals surface area contributed by atoms with Gasteiger partial charge in [-0.15, -0.1) is 0 Å². The predicted octanol–water partition coefficient (Wildman–Crippen LogP) is 2.70. The number of H-pyrrole nitrogens is 1. The van der Waals surface area contributed by atoms with Crippen molar-refractivity contribution in [2.75, 3.05) is 5.32 Å².